The molecular formula is C34H30O8. The predicted octanol–water partition coefficient (Wildman–Crippen LogP) is 6.95. The lowest BCUT2D eigenvalue weighted by Crippen LogP contribution is -2.11. The lowest BCUT2D eigenvalue weighted by molar-refractivity contribution is -0.131. The molecule has 0 aromatic heterocycles. The molecule has 0 N–H and O–H groups in total. The zero-order valence-electron chi connectivity index (χ0n) is 23.9. The van der Waals surface area contributed by atoms with E-state index in [4.69, 9.17) is 18.9 Å². The molecule has 3 aromatic carbocycles. The minimum Gasteiger partial charge on any atom is -0.423 e. The first-order valence-electron chi connectivity index (χ1n) is 12.7. The standard InChI is InChI=1S/C34H30O8/c1-19(2)31(35)39-25-12-9-23(10-13-25)27-15-11-24(17-29(27)41-33(37)21(5)6)28-16-14-26(40-32(36)20(3)4)18-30(28)42-34(38)22(7)8/h9-18H,1,3,5,7H2,2,4,6,8H3. The Morgan fingerprint density at radius 2 is 0.810 bits per heavy atom. The van der Waals surface area contributed by atoms with Crippen molar-refractivity contribution in [1.82, 2.24) is 0 Å². The number of esters is 4. The third-order valence-corrected chi connectivity index (χ3v) is 5.63. The van der Waals surface area contributed by atoms with Crippen molar-refractivity contribution in [1.29, 1.82) is 0 Å². The van der Waals surface area contributed by atoms with Gasteiger partial charge in [-0.25, -0.2) is 19.2 Å². The summed E-state index contributed by atoms with van der Waals surface area (Å²) in [6, 6.07) is 16.2. The van der Waals surface area contributed by atoms with E-state index in [-0.39, 0.29) is 39.5 Å². The summed E-state index contributed by atoms with van der Waals surface area (Å²) in [6.07, 6.45) is 0. The predicted molar refractivity (Wildman–Crippen MR) is 159 cm³/mol. The highest BCUT2D eigenvalue weighted by molar-refractivity contribution is 5.93. The van der Waals surface area contributed by atoms with Gasteiger partial charge in [-0.2, -0.15) is 0 Å². The quantitative estimate of drug-likeness (QED) is 0.148. The summed E-state index contributed by atoms with van der Waals surface area (Å²) in [7, 11) is 0. The van der Waals surface area contributed by atoms with Gasteiger partial charge < -0.3 is 18.9 Å². The fourth-order valence-electron chi connectivity index (χ4n) is 3.37. The summed E-state index contributed by atoms with van der Waals surface area (Å²) in [5.41, 5.74) is 3.00. The van der Waals surface area contributed by atoms with E-state index in [1.807, 2.05) is 0 Å². The van der Waals surface area contributed by atoms with Crippen molar-refractivity contribution >= 4 is 23.9 Å². The van der Waals surface area contributed by atoms with Crippen LogP contribution in [0.15, 0.2) is 109 Å². The van der Waals surface area contributed by atoms with Gasteiger partial charge >= 0.3 is 23.9 Å². The zero-order chi connectivity index (χ0) is 31.1. The molecule has 0 aliphatic carbocycles. The number of carbonyl (C=O) groups excluding carboxylic acids is 4. The van der Waals surface area contributed by atoms with Crippen LogP contribution in [0.1, 0.15) is 27.7 Å². The third kappa shape index (κ3) is 7.79. The van der Waals surface area contributed by atoms with Crippen molar-refractivity contribution in [3.63, 3.8) is 0 Å². The van der Waals surface area contributed by atoms with Crippen LogP contribution in [0.5, 0.6) is 23.0 Å². The minimum absolute atomic E-state index is 0.0867. The molecule has 0 spiro atoms. The molecule has 0 amide bonds. The normalized spacial score (nSPS) is 10.2. The van der Waals surface area contributed by atoms with Gasteiger partial charge in [0, 0.05) is 39.5 Å². The summed E-state index contributed by atoms with van der Waals surface area (Å²) in [5, 5.41) is 0. The molecule has 0 unspecified atom stereocenters. The summed E-state index contributed by atoms with van der Waals surface area (Å²) in [4.78, 5) is 48.9. The number of rotatable bonds is 10. The molecule has 8 heteroatoms. The van der Waals surface area contributed by atoms with Crippen LogP contribution in [0.2, 0.25) is 0 Å². The van der Waals surface area contributed by atoms with Crippen molar-refractivity contribution in [2.24, 2.45) is 0 Å². The first-order valence-corrected chi connectivity index (χ1v) is 12.7. The highest BCUT2D eigenvalue weighted by Gasteiger charge is 2.19. The smallest absolute Gasteiger partial charge is 0.338 e. The third-order valence-electron chi connectivity index (χ3n) is 5.63. The van der Waals surface area contributed by atoms with Crippen LogP contribution in [0, 0.1) is 0 Å². The first-order chi connectivity index (χ1) is 19.8. The number of carbonyl (C=O) groups is 4. The number of ether oxygens (including phenoxy) is 4. The van der Waals surface area contributed by atoms with E-state index in [0.717, 1.165) is 0 Å². The summed E-state index contributed by atoms with van der Waals surface area (Å²) < 4.78 is 21.8. The molecule has 0 radical (unpaired) electrons. The molecule has 42 heavy (non-hydrogen) atoms. The molecule has 0 atom stereocenters. The molecule has 0 saturated heterocycles. The van der Waals surface area contributed by atoms with Crippen LogP contribution < -0.4 is 18.9 Å². The Morgan fingerprint density at radius 1 is 0.452 bits per heavy atom. The fraction of sp³-hybridized carbons (Fsp3) is 0.118. The SMILES string of the molecule is C=C(C)C(=O)Oc1ccc(-c2ccc(-c3ccc(OC(=O)C(=C)C)cc3OC(=O)C(=C)C)cc2OC(=O)C(=C)C)cc1. The molecule has 0 saturated carbocycles. The molecule has 3 aromatic rings. The van der Waals surface area contributed by atoms with Gasteiger partial charge in [0.1, 0.15) is 23.0 Å². The molecular weight excluding hydrogens is 536 g/mol. The zero-order valence-corrected chi connectivity index (χ0v) is 23.9. The van der Waals surface area contributed by atoms with Crippen molar-refractivity contribution < 1.29 is 38.1 Å². The molecule has 0 aliphatic rings. The number of hydrogen-bond donors (Lipinski definition) is 0. The van der Waals surface area contributed by atoms with E-state index < -0.39 is 23.9 Å². The lowest BCUT2D eigenvalue weighted by Gasteiger charge is -2.16. The monoisotopic (exact) mass is 566 g/mol. The molecule has 0 heterocycles. The van der Waals surface area contributed by atoms with E-state index in [1.54, 1.807) is 55.5 Å². The van der Waals surface area contributed by atoms with Crippen LogP contribution >= 0.6 is 0 Å². The van der Waals surface area contributed by atoms with Crippen molar-refractivity contribution in [3.8, 4) is 45.3 Å². The van der Waals surface area contributed by atoms with Crippen LogP contribution in [0.4, 0.5) is 0 Å². The second-order valence-electron chi connectivity index (χ2n) is 9.57. The van der Waals surface area contributed by atoms with Gasteiger partial charge in [0.05, 0.1) is 0 Å². The molecule has 0 aliphatic heterocycles. The average Bonchev–Trinajstić information content (AvgIpc) is 2.93. The summed E-state index contributed by atoms with van der Waals surface area (Å²) in [6.45, 7) is 20.5. The molecule has 8 nitrogen and oxygen atoms in total. The van der Waals surface area contributed by atoms with Gasteiger partial charge in [0.2, 0.25) is 0 Å². The van der Waals surface area contributed by atoms with Crippen LogP contribution in [-0.4, -0.2) is 23.9 Å². The highest BCUT2D eigenvalue weighted by atomic mass is 16.6. The maximum atomic E-state index is 12.6. The van der Waals surface area contributed by atoms with Gasteiger partial charge in [0.15, 0.2) is 0 Å². The maximum Gasteiger partial charge on any atom is 0.338 e. The second-order valence-corrected chi connectivity index (χ2v) is 9.57. The maximum absolute atomic E-state index is 12.6. The van der Waals surface area contributed by atoms with Crippen molar-refractivity contribution in [3.05, 3.63) is 109 Å². The summed E-state index contributed by atoms with van der Waals surface area (Å²) >= 11 is 0. The van der Waals surface area contributed by atoms with E-state index in [1.165, 1.54) is 32.9 Å². The first kappa shape index (κ1) is 31.0. The number of hydrogen-bond acceptors (Lipinski definition) is 8. The second kappa shape index (κ2) is 13.2. The lowest BCUT2D eigenvalue weighted by atomic mass is 9.98. The Bertz CT molecular complexity index is 1640. The molecule has 0 fully saturated rings. The van der Waals surface area contributed by atoms with E-state index >= 15 is 0 Å². The van der Waals surface area contributed by atoms with Crippen molar-refractivity contribution in [2.45, 2.75) is 27.7 Å². The minimum atomic E-state index is -0.683. The van der Waals surface area contributed by atoms with E-state index in [9.17, 15) is 19.2 Å². The van der Waals surface area contributed by atoms with Crippen molar-refractivity contribution in [2.75, 3.05) is 0 Å². The Labute approximate surface area is 244 Å². The van der Waals surface area contributed by atoms with Crippen LogP contribution in [0.25, 0.3) is 22.3 Å². The Balaban J connectivity index is 2.11. The molecule has 0 bridgehead atoms. The Morgan fingerprint density at radius 3 is 1.31 bits per heavy atom. The highest BCUT2D eigenvalue weighted by Crippen LogP contribution is 2.40. The van der Waals surface area contributed by atoms with Gasteiger partial charge in [-0.1, -0.05) is 50.6 Å². The molecule has 3 rings (SSSR count). The largest absolute Gasteiger partial charge is 0.423 e. The van der Waals surface area contributed by atoms with Crippen LogP contribution in [-0.2, 0) is 19.2 Å². The topological polar surface area (TPSA) is 105 Å². The van der Waals surface area contributed by atoms with E-state index in [2.05, 4.69) is 26.3 Å². The fourth-order valence-corrected chi connectivity index (χ4v) is 3.37. The van der Waals surface area contributed by atoms with Gasteiger partial charge in [0.25, 0.3) is 0 Å². The van der Waals surface area contributed by atoms with Gasteiger partial charge in [-0.3, -0.25) is 0 Å². The number of benzene rings is 3. The average molecular weight is 567 g/mol. The van der Waals surface area contributed by atoms with Crippen LogP contribution in [0.3, 0.4) is 0 Å². The van der Waals surface area contributed by atoms with E-state index in [0.29, 0.717) is 28.0 Å². The summed E-state index contributed by atoms with van der Waals surface area (Å²) in [5.74, 6) is -1.78. The Hall–Kier alpha value is -5.50. The van der Waals surface area contributed by atoms with Gasteiger partial charge in [-0.15, -0.1) is 0 Å². The molecule has 214 valence electrons. The van der Waals surface area contributed by atoms with Gasteiger partial charge in [-0.05, 0) is 69.2 Å². The Kier molecular flexibility index (Phi) is 9.78.